The Kier molecular flexibility index (Phi) is 7.79. The summed E-state index contributed by atoms with van der Waals surface area (Å²) in [5.41, 5.74) is 0.917. The zero-order valence-electron chi connectivity index (χ0n) is 10.6. The minimum atomic E-state index is -0.995. The van der Waals surface area contributed by atoms with E-state index in [4.69, 9.17) is 14.9 Å². The van der Waals surface area contributed by atoms with Crippen molar-refractivity contribution in [2.75, 3.05) is 13.2 Å². The van der Waals surface area contributed by atoms with Crippen LogP contribution in [0.15, 0.2) is 18.2 Å². The summed E-state index contributed by atoms with van der Waals surface area (Å²) >= 11 is 0. The van der Waals surface area contributed by atoms with Crippen LogP contribution in [-0.2, 0) is 11.2 Å². The first-order valence-electron chi connectivity index (χ1n) is 5.70. The zero-order valence-corrected chi connectivity index (χ0v) is 11.4. The van der Waals surface area contributed by atoms with Crippen molar-refractivity contribution in [3.8, 4) is 5.75 Å². The average molecular weight is 289 g/mol. The lowest BCUT2D eigenvalue weighted by molar-refractivity contribution is -0.136. The summed E-state index contributed by atoms with van der Waals surface area (Å²) in [7, 11) is 0. The normalized spacial score (nSPS) is 9.58. The van der Waals surface area contributed by atoms with E-state index in [0.29, 0.717) is 23.3 Å². The molecule has 19 heavy (non-hydrogen) atoms. The van der Waals surface area contributed by atoms with Gasteiger partial charge >= 0.3 is 5.97 Å². The smallest absolute Gasteiger partial charge is 0.307 e. The van der Waals surface area contributed by atoms with E-state index in [2.05, 4.69) is 0 Å². The van der Waals surface area contributed by atoms with E-state index in [9.17, 15) is 9.59 Å². The fourth-order valence-electron chi connectivity index (χ4n) is 1.55. The molecule has 0 saturated heterocycles. The number of hydrogen-bond acceptors (Lipinski definition) is 4. The molecule has 0 amide bonds. The predicted octanol–water partition coefficient (Wildman–Crippen LogP) is 1.70. The molecular formula is C13H17ClO5. The van der Waals surface area contributed by atoms with Gasteiger partial charge in [-0.3, -0.25) is 9.59 Å². The third-order valence-electron chi connectivity index (χ3n) is 2.39. The van der Waals surface area contributed by atoms with Crippen LogP contribution >= 0.6 is 12.4 Å². The van der Waals surface area contributed by atoms with Gasteiger partial charge in [-0.2, -0.15) is 0 Å². The summed E-state index contributed by atoms with van der Waals surface area (Å²) in [5, 5.41) is 17.5. The number of carbonyl (C=O) groups is 2. The molecule has 0 atom stereocenters. The van der Waals surface area contributed by atoms with Gasteiger partial charge in [0.1, 0.15) is 12.4 Å². The highest BCUT2D eigenvalue weighted by atomic mass is 35.5. The number of hydrogen-bond donors (Lipinski definition) is 2. The largest absolute Gasteiger partial charge is 0.491 e. The summed E-state index contributed by atoms with van der Waals surface area (Å²) < 4.78 is 5.23. The van der Waals surface area contributed by atoms with Crippen molar-refractivity contribution < 1.29 is 24.5 Å². The highest BCUT2D eigenvalue weighted by Gasteiger charge is 2.12. The topological polar surface area (TPSA) is 83.8 Å². The van der Waals surface area contributed by atoms with Crippen molar-refractivity contribution in [2.24, 2.45) is 0 Å². The van der Waals surface area contributed by atoms with E-state index < -0.39 is 5.97 Å². The molecule has 1 rings (SSSR count). The molecule has 0 radical (unpaired) electrons. The van der Waals surface area contributed by atoms with Crippen LogP contribution in [0.1, 0.15) is 29.3 Å². The maximum atomic E-state index is 11.5. The number of carboxylic acid groups (broad SMARTS) is 1. The summed E-state index contributed by atoms with van der Waals surface area (Å²) in [6, 6.07) is 4.70. The van der Waals surface area contributed by atoms with E-state index >= 15 is 0 Å². The Hall–Kier alpha value is -1.59. The number of aliphatic hydroxyl groups is 1. The van der Waals surface area contributed by atoms with Crippen LogP contribution in [0.3, 0.4) is 0 Å². The molecule has 0 heterocycles. The van der Waals surface area contributed by atoms with Crippen LogP contribution in [0, 0.1) is 0 Å². The Morgan fingerprint density at radius 2 is 2.00 bits per heavy atom. The van der Waals surface area contributed by atoms with Crippen molar-refractivity contribution in [1.29, 1.82) is 0 Å². The zero-order chi connectivity index (χ0) is 13.5. The molecule has 1 aromatic carbocycles. The molecule has 2 N–H and O–H groups in total. The second kappa shape index (κ2) is 8.50. The van der Waals surface area contributed by atoms with E-state index in [1.165, 1.54) is 6.07 Å². The number of aliphatic carboxylic acids is 1. The minimum absolute atomic E-state index is 0. The molecule has 0 saturated carbocycles. The lowest BCUT2D eigenvalue weighted by atomic mass is 10.0. The first-order chi connectivity index (χ1) is 8.58. The standard InChI is InChI=1S/C13H16O5.ClH/c1-2-11(15)9-3-4-12(18-6-5-14)10(7-9)8-13(16)17;/h3-4,7,14H,2,5-6,8H2,1H3,(H,16,17);1H. The number of carbonyl (C=O) groups excluding carboxylic acids is 1. The van der Waals surface area contributed by atoms with Crippen LogP contribution < -0.4 is 4.74 Å². The molecule has 0 fully saturated rings. The molecule has 0 aromatic heterocycles. The Bertz CT molecular complexity index is 445. The van der Waals surface area contributed by atoms with Gasteiger partial charge in [0.15, 0.2) is 5.78 Å². The highest BCUT2D eigenvalue weighted by molar-refractivity contribution is 5.96. The molecule has 6 heteroatoms. The molecule has 0 spiro atoms. The second-order valence-corrected chi connectivity index (χ2v) is 3.74. The minimum Gasteiger partial charge on any atom is -0.491 e. The Labute approximate surface area is 117 Å². The van der Waals surface area contributed by atoms with Crippen molar-refractivity contribution in [2.45, 2.75) is 19.8 Å². The molecule has 0 aliphatic rings. The predicted molar refractivity (Wildman–Crippen MR) is 72.2 cm³/mol. The first-order valence-corrected chi connectivity index (χ1v) is 5.70. The first kappa shape index (κ1) is 17.4. The van der Waals surface area contributed by atoms with Crippen LogP contribution in [-0.4, -0.2) is 35.2 Å². The number of ketones is 1. The van der Waals surface area contributed by atoms with E-state index in [1.54, 1.807) is 19.1 Å². The monoisotopic (exact) mass is 288 g/mol. The van der Waals surface area contributed by atoms with Gasteiger partial charge < -0.3 is 14.9 Å². The SMILES string of the molecule is CCC(=O)c1ccc(OCCO)c(CC(=O)O)c1.Cl. The number of rotatable bonds is 7. The van der Waals surface area contributed by atoms with Gasteiger partial charge in [-0.15, -0.1) is 12.4 Å². The second-order valence-electron chi connectivity index (χ2n) is 3.74. The van der Waals surface area contributed by atoms with Crippen LogP contribution in [0.2, 0.25) is 0 Å². The van der Waals surface area contributed by atoms with Gasteiger partial charge in [0.2, 0.25) is 0 Å². The fourth-order valence-corrected chi connectivity index (χ4v) is 1.55. The van der Waals surface area contributed by atoms with Crippen molar-refractivity contribution in [1.82, 2.24) is 0 Å². The van der Waals surface area contributed by atoms with Gasteiger partial charge in [0.05, 0.1) is 13.0 Å². The average Bonchev–Trinajstić information content (AvgIpc) is 2.35. The van der Waals surface area contributed by atoms with Crippen LogP contribution in [0.25, 0.3) is 0 Å². The molecule has 0 aliphatic heterocycles. The number of benzene rings is 1. The molecule has 0 unspecified atom stereocenters. The molecular weight excluding hydrogens is 272 g/mol. The Balaban J connectivity index is 0.00000324. The molecule has 5 nitrogen and oxygen atoms in total. The summed E-state index contributed by atoms with van der Waals surface area (Å²) in [6.45, 7) is 1.69. The van der Waals surface area contributed by atoms with Crippen LogP contribution in [0.4, 0.5) is 0 Å². The van der Waals surface area contributed by atoms with Crippen molar-refractivity contribution in [3.63, 3.8) is 0 Å². The fraction of sp³-hybridized carbons (Fsp3) is 0.385. The van der Waals surface area contributed by atoms with E-state index in [0.717, 1.165) is 0 Å². The number of carboxylic acids is 1. The Morgan fingerprint density at radius 3 is 2.53 bits per heavy atom. The summed E-state index contributed by atoms with van der Waals surface area (Å²) in [4.78, 5) is 22.3. The van der Waals surface area contributed by atoms with Crippen LogP contribution in [0.5, 0.6) is 5.75 Å². The molecule has 106 valence electrons. The third kappa shape index (κ3) is 5.28. The molecule has 0 bridgehead atoms. The van der Waals surface area contributed by atoms with Gasteiger partial charge in [0.25, 0.3) is 0 Å². The highest BCUT2D eigenvalue weighted by Crippen LogP contribution is 2.21. The molecule has 1 aromatic rings. The lowest BCUT2D eigenvalue weighted by Gasteiger charge is -2.10. The quantitative estimate of drug-likeness (QED) is 0.746. The van der Waals surface area contributed by atoms with Crippen molar-refractivity contribution >= 4 is 24.2 Å². The van der Waals surface area contributed by atoms with E-state index in [1.807, 2.05) is 0 Å². The van der Waals surface area contributed by atoms with Gasteiger partial charge in [-0.05, 0) is 18.2 Å². The lowest BCUT2D eigenvalue weighted by Crippen LogP contribution is -2.08. The van der Waals surface area contributed by atoms with Gasteiger partial charge in [0, 0.05) is 17.5 Å². The summed E-state index contributed by atoms with van der Waals surface area (Å²) in [6.07, 6.45) is 0.148. The number of halogens is 1. The number of ether oxygens (including phenoxy) is 1. The number of Topliss-reactive ketones (excluding diaryl/α,β-unsaturated/α-hetero) is 1. The Morgan fingerprint density at radius 1 is 1.32 bits per heavy atom. The number of aliphatic hydroxyl groups excluding tert-OH is 1. The third-order valence-corrected chi connectivity index (χ3v) is 2.39. The molecule has 0 aliphatic carbocycles. The van der Waals surface area contributed by atoms with Gasteiger partial charge in [-0.1, -0.05) is 6.92 Å². The maximum absolute atomic E-state index is 11.5. The maximum Gasteiger partial charge on any atom is 0.307 e. The van der Waals surface area contributed by atoms with Crippen molar-refractivity contribution in [3.05, 3.63) is 29.3 Å². The summed E-state index contributed by atoms with van der Waals surface area (Å²) in [5.74, 6) is -0.653. The van der Waals surface area contributed by atoms with E-state index in [-0.39, 0.29) is 37.8 Å². The van der Waals surface area contributed by atoms with Gasteiger partial charge in [-0.25, -0.2) is 0 Å².